The minimum absolute atomic E-state index is 0.0622. The topological polar surface area (TPSA) is 51.1 Å². The molecule has 2 aromatic carbocycles. The van der Waals surface area contributed by atoms with Gasteiger partial charge in [-0.1, -0.05) is 56.3 Å². The van der Waals surface area contributed by atoms with Gasteiger partial charge in [0, 0.05) is 19.4 Å². The average molecular weight is 395 g/mol. The standard InChI is InChI=1S/C24H30N2O3/c1-24(2,3)15-23(27)26(16-18-8-6-5-7-9-18)17-21-14-22(25-29-21)19-10-12-20(28-4)13-11-19/h5-13,21H,14-17H2,1-4H3/t21-/m1/s1. The van der Waals surface area contributed by atoms with Crippen LogP contribution in [0.15, 0.2) is 59.8 Å². The van der Waals surface area contributed by atoms with Gasteiger partial charge in [0.1, 0.15) is 5.75 Å². The molecule has 0 radical (unpaired) electrons. The zero-order chi connectivity index (χ0) is 20.9. The molecule has 1 atom stereocenters. The highest BCUT2D eigenvalue weighted by molar-refractivity contribution is 6.01. The molecule has 5 heteroatoms. The van der Waals surface area contributed by atoms with E-state index in [4.69, 9.17) is 9.57 Å². The third-order valence-corrected chi connectivity index (χ3v) is 4.83. The van der Waals surface area contributed by atoms with E-state index in [0.29, 0.717) is 25.9 Å². The smallest absolute Gasteiger partial charge is 0.223 e. The van der Waals surface area contributed by atoms with E-state index in [1.165, 1.54) is 0 Å². The molecule has 0 bridgehead atoms. The molecule has 5 nitrogen and oxygen atoms in total. The summed E-state index contributed by atoms with van der Waals surface area (Å²) in [5.41, 5.74) is 2.97. The summed E-state index contributed by atoms with van der Waals surface area (Å²) < 4.78 is 5.21. The Kier molecular flexibility index (Phi) is 6.57. The van der Waals surface area contributed by atoms with Gasteiger partial charge in [-0.2, -0.15) is 0 Å². The summed E-state index contributed by atoms with van der Waals surface area (Å²) in [5.74, 6) is 0.953. The first kappa shape index (κ1) is 20.9. The fraction of sp³-hybridized carbons (Fsp3) is 0.417. The lowest BCUT2D eigenvalue weighted by atomic mass is 9.91. The number of hydrogen-bond acceptors (Lipinski definition) is 4. The average Bonchev–Trinajstić information content (AvgIpc) is 3.15. The van der Waals surface area contributed by atoms with Crippen LogP contribution in [-0.4, -0.2) is 36.3 Å². The van der Waals surface area contributed by atoms with E-state index in [2.05, 4.69) is 25.9 Å². The van der Waals surface area contributed by atoms with Gasteiger partial charge < -0.3 is 14.5 Å². The second-order valence-corrected chi connectivity index (χ2v) is 8.70. The third-order valence-electron chi connectivity index (χ3n) is 4.83. The van der Waals surface area contributed by atoms with Crippen molar-refractivity contribution >= 4 is 11.6 Å². The molecule has 1 aliphatic heterocycles. The number of methoxy groups -OCH3 is 1. The van der Waals surface area contributed by atoms with Crippen molar-refractivity contribution in [2.45, 2.75) is 46.3 Å². The normalized spacial score (nSPS) is 16.1. The molecule has 1 aliphatic rings. The van der Waals surface area contributed by atoms with Gasteiger partial charge in [0.15, 0.2) is 6.10 Å². The predicted octanol–water partition coefficient (Wildman–Crippen LogP) is 4.65. The maximum absolute atomic E-state index is 13.0. The Morgan fingerprint density at radius 3 is 2.45 bits per heavy atom. The zero-order valence-electron chi connectivity index (χ0n) is 17.7. The second-order valence-electron chi connectivity index (χ2n) is 8.70. The Bertz CT molecular complexity index is 839. The monoisotopic (exact) mass is 394 g/mol. The Hall–Kier alpha value is -2.82. The van der Waals surface area contributed by atoms with E-state index in [9.17, 15) is 4.79 Å². The van der Waals surface area contributed by atoms with Gasteiger partial charge in [0.2, 0.25) is 5.91 Å². The van der Waals surface area contributed by atoms with Crippen LogP contribution in [-0.2, 0) is 16.2 Å². The van der Waals surface area contributed by atoms with Crippen LogP contribution in [0, 0.1) is 5.41 Å². The van der Waals surface area contributed by atoms with Gasteiger partial charge in [0.05, 0.1) is 19.4 Å². The Balaban J connectivity index is 1.66. The van der Waals surface area contributed by atoms with Crippen molar-refractivity contribution in [1.82, 2.24) is 4.90 Å². The fourth-order valence-electron chi connectivity index (χ4n) is 3.35. The van der Waals surface area contributed by atoms with E-state index >= 15 is 0 Å². The summed E-state index contributed by atoms with van der Waals surface area (Å²) >= 11 is 0. The van der Waals surface area contributed by atoms with Crippen molar-refractivity contribution in [3.63, 3.8) is 0 Å². The molecular weight excluding hydrogens is 364 g/mol. The number of oxime groups is 1. The van der Waals surface area contributed by atoms with Crippen LogP contribution in [0.2, 0.25) is 0 Å². The van der Waals surface area contributed by atoms with Crippen LogP contribution in [0.1, 0.15) is 44.7 Å². The predicted molar refractivity (Wildman–Crippen MR) is 115 cm³/mol. The lowest BCUT2D eigenvalue weighted by Crippen LogP contribution is -2.38. The Morgan fingerprint density at radius 2 is 1.83 bits per heavy atom. The summed E-state index contributed by atoms with van der Waals surface area (Å²) in [6.45, 7) is 7.36. The summed E-state index contributed by atoms with van der Waals surface area (Å²) in [7, 11) is 1.65. The van der Waals surface area contributed by atoms with Gasteiger partial charge in [0.25, 0.3) is 0 Å². The minimum Gasteiger partial charge on any atom is -0.497 e. The molecule has 1 heterocycles. The molecule has 0 saturated heterocycles. The largest absolute Gasteiger partial charge is 0.497 e. The molecular formula is C24H30N2O3. The van der Waals surface area contributed by atoms with E-state index < -0.39 is 0 Å². The molecule has 2 aromatic rings. The molecule has 1 amide bonds. The van der Waals surface area contributed by atoms with Crippen molar-refractivity contribution in [3.8, 4) is 5.75 Å². The minimum atomic E-state index is -0.139. The van der Waals surface area contributed by atoms with E-state index in [-0.39, 0.29) is 17.4 Å². The van der Waals surface area contributed by atoms with Gasteiger partial charge >= 0.3 is 0 Å². The van der Waals surface area contributed by atoms with Gasteiger partial charge in [-0.3, -0.25) is 4.79 Å². The number of rotatable bonds is 7. The Labute approximate surface area is 173 Å². The van der Waals surface area contributed by atoms with Crippen LogP contribution in [0.5, 0.6) is 5.75 Å². The highest BCUT2D eigenvalue weighted by Gasteiger charge is 2.28. The molecule has 0 saturated carbocycles. The Morgan fingerprint density at radius 1 is 1.14 bits per heavy atom. The maximum atomic E-state index is 13.0. The quantitative estimate of drug-likeness (QED) is 0.687. The van der Waals surface area contributed by atoms with E-state index in [1.807, 2.05) is 59.5 Å². The summed E-state index contributed by atoms with van der Waals surface area (Å²) in [6, 6.07) is 17.9. The van der Waals surface area contributed by atoms with Crippen LogP contribution in [0.3, 0.4) is 0 Å². The SMILES string of the molecule is COc1ccc(C2=NO[C@@H](CN(Cc3ccccc3)C(=O)CC(C)(C)C)C2)cc1. The molecule has 3 rings (SSSR count). The van der Waals surface area contributed by atoms with E-state index in [1.54, 1.807) is 7.11 Å². The van der Waals surface area contributed by atoms with Crippen LogP contribution < -0.4 is 4.74 Å². The lowest BCUT2D eigenvalue weighted by molar-refractivity contribution is -0.135. The first-order valence-corrected chi connectivity index (χ1v) is 10.0. The number of hydrogen-bond donors (Lipinski definition) is 0. The molecule has 0 aliphatic carbocycles. The molecule has 0 N–H and O–H groups in total. The van der Waals surface area contributed by atoms with Crippen molar-refractivity contribution in [2.75, 3.05) is 13.7 Å². The summed E-state index contributed by atoms with van der Waals surface area (Å²) in [6.07, 6.45) is 1.04. The highest BCUT2D eigenvalue weighted by atomic mass is 16.6. The first-order chi connectivity index (χ1) is 13.8. The number of benzene rings is 2. The van der Waals surface area contributed by atoms with Gasteiger partial charge in [-0.05, 0) is 40.8 Å². The fourth-order valence-corrected chi connectivity index (χ4v) is 3.35. The first-order valence-electron chi connectivity index (χ1n) is 10.0. The summed E-state index contributed by atoms with van der Waals surface area (Å²) in [5, 5.41) is 4.27. The van der Waals surface area contributed by atoms with Gasteiger partial charge in [-0.15, -0.1) is 0 Å². The van der Waals surface area contributed by atoms with Gasteiger partial charge in [-0.25, -0.2) is 0 Å². The number of amides is 1. The van der Waals surface area contributed by atoms with Crippen molar-refractivity contribution in [1.29, 1.82) is 0 Å². The maximum Gasteiger partial charge on any atom is 0.223 e. The van der Waals surface area contributed by atoms with Crippen LogP contribution >= 0.6 is 0 Å². The molecule has 0 fully saturated rings. The molecule has 154 valence electrons. The second kappa shape index (κ2) is 9.12. The van der Waals surface area contributed by atoms with Crippen molar-refractivity contribution in [2.24, 2.45) is 10.6 Å². The van der Waals surface area contributed by atoms with Crippen LogP contribution in [0.25, 0.3) is 0 Å². The zero-order valence-corrected chi connectivity index (χ0v) is 17.7. The lowest BCUT2D eigenvalue weighted by Gasteiger charge is -2.28. The number of nitrogens with zero attached hydrogens (tertiary/aromatic N) is 2. The van der Waals surface area contributed by atoms with Crippen LogP contribution in [0.4, 0.5) is 0 Å². The van der Waals surface area contributed by atoms with E-state index in [0.717, 1.165) is 22.6 Å². The number of carbonyl (C=O) groups is 1. The number of carbonyl (C=O) groups excluding carboxylic acids is 1. The molecule has 29 heavy (non-hydrogen) atoms. The molecule has 0 spiro atoms. The highest BCUT2D eigenvalue weighted by Crippen LogP contribution is 2.24. The van der Waals surface area contributed by atoms with Crippen molar-refractivity contribution in [3.05, 3.63) is 65.7 Å². The molecule has 0 unspecified atom stereocenters. The third kappa shape index (κ3) is 6.08. The summed E-state index contributed by atoms with van der Waals surface area (Å²) in [4.78, 5) is 20.6. The number of ether oxygens (including phenoxy) is 1. The van der Waals surface area contributed by atoms with Crippen molar-refractivity contribution < 1.29 is 14.4 Å². The molecule has 0 aromatic heterocycles.